The van der Waals surface area contributed by atoms with E-state index in [-0.39, 0.29) is 6.10 Å². The highest BCUT2D eigenvalue weighted by Crippen LogP contribution is 2.37. The van der Waals surface area contributed by atoms with Gasteiger partial charge in [0, 0.05) is 30.7 Å². The van der Waals surface area contributed by atoms with E-state index in [9.17, 15) is 5.26 Å². The van der Waals surface area contributed by atoms with Gasteiger partial charge in [0.05, 0.1) is 12.2 Å². The summed E-state index contributed by atoms with van der Waals surface area (Å²) in [4.78, 5) is 0. The zero-order chi connectivity index (χ0) is 11.6. The second-order valence-corrected chi connectivity index (χ2v) is 4.53. The van der Waals surface area contributed by atoms with Crippen LogP contribution in [0.3, 0.4) is 0 Å². The van der Waals surface area contributed by atoms with Crippen molar-refractivity contribution in [2.24, 2.45) is 0 Å². The molecular weight excluding hydrogens is 224 g/mol. The van der Waals surface area contributed by atoms with Gasteiger partial charge in [-0.3, -0.25) is 0 Å². The molecule has 2 rings (SSSR count). The Bertz CT molecular complexity index is 421. The van der Waals surface area contributed by atoms with E-state index < -0.39 is 5.54 Å². The molecule has 0 unspecified atom stereocenters. The Morgan fingerprint density at radius 2 is 2.31 bits per heavy atom. The normalized spacial score (nSPS) is 27.9. The first-order valence-electron chi connectivity index (χ1n) is 5.15. The van der Waals surface area contributed by atoms with Crippen LogP contribution in [0.1, 0.15) is 12.8 Å². The smallest absolute Gasteiger partial charge is 0.130 e. The third kappa shape index (κ3) is 2.13. The molecule has 0 radical (unpaired) electrons. The van der Waals surface area contributed by atoms with Crippen LogP contribution in [0.4, 0.5) is 5.69 Å². The van der Waals surface area contributed by atoms with E-state index in [1.54, 1.807) is 7.11 Å². The molecule has 3 nitrogen and oxygen atoms in total. The molecule has 0 atom stereocenters. The molecular formula is C12H13ClN2O. The Morgan fingerprint density at radius 3 is 2.88 bits per heavy atom. The summed E-state index contributed by atoms with van der Waals surface area (Å²) in [6.45, 7) is 0. The maximum absolute atomic E-state index is 9.18. The van der Waals surface area contributed by atoms with Crippen LogP contribution < -0.4 is 5.32 Å². The van der Waals surface area contributed by atoms with Crippen molar-refractivity contribution in [2.75, 3.05) is 12.4 Å². The topological polar surface area (TPSA) is 45.0 Å². The van der Waals surface area contributed by atoms with Crippen LogP contribution in [0.5, 0.6) is 0 Å². The first-order chi connectivity index (χ1) is 7.67. The molecule has 1 saturated carbocycles. The SMILES string of the molecule is COC1CC(C#N)(Nc2cccc(Cl)c2)C1. The van der Waals surface area contributed by atoms with E-state index in [1.807, 2.05) is 24.3 Å². The van der Waals surface area contributed by atoms with Crippen LogP contribution in [0.15, 0.2) is 24.3 Å². The van der Waals surface area contributed by atoms with Gasteiger partial charge in [0.2, 0.25) is 0 Å². The van der Waals surface area contributed by atoms with Crippen LogP contribution in [-0.4, -0.2) is 18.8 Å². The molecule has 4 heteroatoms. The molecule has 1 aromatic rings. The molecule has 16 heavy (non-hydrogen) atoms. The van der Waals surface area contributed by atoms with Crippen molar-refractivity contribution in [1.29, 1.82) is 5.26 Å². The van der Waals surface area contributed by atoms with Gasteiger partial charge < -0.3 is 10.1 Å². The third-order valence-electron chi connectivity index (χ3n) is 2.91. The average Bonchev–Trinajstić information content (AvgIpc) is 2.23. The van der Waals surface area contributed by atoms with Crippen molar-refractivity contribution in [2.45, 2.75) is 24.5 Å². The standard InChI is InChI=1S/C12H13ClN2O/c1-16-11-6-12(7-11,8-14)15-10-4-2-3-9(13)5-10/h2-5,11,15H,6-7H2,1H3. The molecule has 1 N–H and O–H groups in total. The highest BCUT2D eigenvalue weighted by molar-refractivity contribution is 6.30. The number of nitrogens with zero attached hydrogens (tertiary/aromatic N) is 1. The van der Waals surface area contributed by atoms with Crippen molar-refractivity contribution in [1.82, 2.24) is 0 Å². The number of benzene rings is 1. The fourth-order valence-corrected chi connectivity index (χ4v) is 2.14. The van der Waals surface area contributed by atoms with E-state index in [4.69, 9.17) is 16.3 Å². The summed E-state index contributed by atoms with van der Waals surface area (Å²) in [5, 5.41) is 13.1. The molecule has 0 bridgehead atoms. The molecule has 1 aromatic carbocycles. The summed E-state index contributed by atoms with van der Waals surface area (Å²) in [5.74, 6) is 0. The number of nitriles is 1. The van der Waals surface area contributed by atoms with Gasteiger partial charge >= 0.3 is 0 Å². The van der Waals surface area contributed by atoms with Crippen molar-refractivity contribution in [3.8, 4) is 6.07 Å². The summed E-state index contributed by atoms with van der Waals surface area (Å²) in [7, 11) is 1.67. The van der Waals surface area contributed by atoms with E-state index in [0.29, 0.717) is 17.9 Å². The number of anilines is 1. The van der Waals surface area contributed by atoms with E-state index >= 15 is 0 Å². The van der Waals surface area contributed by atoms with E-state index in [1.165, 1.54) is 0 Å². The van der Waals surface area contributed by atoms with Gasteiger partial charge in [0.1, 0.15) is 5.54 Å². The van der Waals surface area contributed by atoms with Gasteiger partial charge in [-0.2, -0.15) is 5.26 Å². The van der Waals surface area contributed by atoms with Gasteiger partial charge in [-0.1, -0.05) is 17.7 Å². The number of hydrogen-bond donors (Lipinski definition) is 1. The molecule has 0 spiro atoms. The maximum atomic E-state index is 9.18. The maximum Gasteiger partial charge on any atom is 0.130 e. The highest BCUT2D eigenvalue weighted by atomic mass is 35.5. The lowest BCUT2D eigenvalue weighted by Gasteiger charge is -2.42. The minimum Gasteiger partial charge on any atom is -0.381 e. The molecule has 0 heterocycles. The van der Waals surface area contributed by atoms with Gasteiger partial charge in [-0.05, 0) is 18.2 Å². The molecule has 84 valence electrons. The van der Waals surface area contributed by atoms with Crippen LogP contribution in [0, 0.1) is 11.3 Å². The molecule has 0 amide bonds. The molecule has 1 fully saturated rings. The van der Waals surface area contributed by atoms with E-state index in [0.717, 1.165) is 5.69 Å². The second-order valence-electron chi connectivity index (χ2n) is 4.10. The van der Waals surface area contributed by atoms with Crippen LogP contribution in [-0.2, 0) is 4.74 Å². The zero-order valence-electron chi connectivity index (χ0n) is 9.03. The predicted octanol–water partition coefficient (Wildman–Crippen LogP) is 2.82. The van der Waals surface area contributed by atoms with Crippen molar-refractivity contribution < 1.29 is 4.74 Å². The Kier molecular flexibility index (Phi) is 3.04. The van der Waals surface area contributed by atoms with Crippen molar-refractivity contribution >= 4 is 17.3 Å². The lowest BCUT2D eigenvalue weighted by molar-refractivity contribution is 0.0129. The third-order valence-corrected chi connectivity index (χ3v) is 3.14. The highest BCUT2D eigenvalue weighted by Gasteiger charge is 2.45. The first-order valence-corrected chi connectivity index (χ1v) is 5.53. The number of ether oxygens (including phenoxy) is 1. The molecule has 0 aliphatic heterocycles. The summed E-state index contributed by atoms with van der Waals surface area (Å²) >= 11 is 5.89. The minimum absolute atomic E-state index is 0.186. The minimum atomic E-state index is -0.495. The van der Waals surface area contributed by atoms with Crippen molar-refractivity contribution in [3.05, 3.63) is 29.3 Å². The fraction of sp³-hybridized carbons (Fsp3) is 0.417. The van der Waals surface area contributed by atoms with Crippen LogP contribution in [0.25, 0.3) is 0 Å². The van der Waals surface area contributed by atoms with Gasteiger partial charge in [0.15, 0.2) is 0 Å². The number of methoxy groups -OCH3 is 1. The zero-order valence-corrected chi connectivity index (χ0v) is 9.79. The fourth-order valence-electron chi connectivity index (χ4n) is 1.95. The largest absolute Gasteiger partial charge is 0.381 e. The first kappa shape index (κ1) is 11.3. The lowest BCUT2D eigenvalue weighted by Crippen LogP contribution is -2.52. The number of hydrogen-bond acceptors (Lipinski definition) is 3. The molecule has 0 saturated heterocycles. The quantitative estimate of drug-likeness (QED) is 0.878. The Labute approximate surface area is 100.0 Å². The lowest BCUT2D eigenvalue weighted by atomic mass is 9.75. The summed E-state index contributed by atoms with van der Waals surface area (Å²) in [6, 6.07) is 9.71. The van der Waals surface area contributed by atoms with Gasteiger partial charge in [0.25, 0.3) is 0 Å². The molecule has 1 aliphatic rings. The van der Waals surface area contributed by atoms with E-state index in [2.05, 4.69) is 11.4 Å². The summed E-state index contributed by atoms with van der Waals surface area (Å²) < 4.78 is 5.19. The predicted molar refractivity (Wildman–Crippen MR) is 63.4 cm³/mol. The Hall–Kier alpha value is -1.24. The van der Waals surface area contributed by atoms with Crippen molar-refractivity contribution in [3.63, 3.8) is 0 Å². The summed E-state index contributed by atoms with van der Waals surface area (Å²) in [5.41, 5.74) is 0.384. The number of halogens is 1. The average molecular weight is 237 g/mol. The molecule has 1 aliphatic carbocycles. The molecule has 0 aromatic heterocycles. The monoisotopic (exact) mass is 236 g/mol. The second kappa shape index (κ2) is 4.32. The summed E-state index contributed by atoms with van der Waals surface area (Å²) in [6.07, 6.45) is 1.62. The Morgan fingerprint density at radius 1 is 1.56 bits per heavy atom. The Balaban J connectivity index is 2.07. The van der Waals surface area contributed by atoms with Crippen LogP contribution >= 0.6 is 11.6 Å². The van der Waals surface area contributed by atoms with Gasteiger partial charge in [-0.15, -0.1) is 0 Å². The number of nitrogens with one attached hydrogen (secondary N) is 1. The van der Waals surface area contributed by atoms with Gasteiger partial charge in [-0.25, -0.2) is 0 Å². The number of rotatable bonds is 3. The van der Waals surface area contributed by atoms with Crippen LogP contribution in [0.2, 0.25) is 5.02 Å².